The van der Waals surface area contributed by atoms with E-state index in [0.717, 1.165) is 42.7 Å². The molecule has 1 fully saturated rings. The molecular weight excluding hydrogens is 292 g/mol. The van der Waals surface area contributed by atoms with Gasteiger partial charge in [-0.2, -0.15) is 10.2 Å². The minimum Gasteiger partial charge on any atom is -0.339 e. The van der Waals surface area contributed by atoms with Crippen LogP contribution >= 0.6 is 0 Å². The van der Waals surface area contributed by atoms with Crippen molar-refractivity contribution in [2.24, 2.45) is 7.05 Å². The topological polar surface area (TPSA) is 79.7 Å². The number of aryl methyl sites for hydroxylation is 1. The Labute approximate surface area is 133 Å². The SMILES string of the molecule is Cn1cc(C(=O)N2CCC(c3[nH]nc4ncccc34)CC2)cn1. The summed E-state index contributed by atoms with van der Waals surface area (Å²) in [5.74, 6) is 0.454. The lowest BCUT2D eigenvalue weighted by Crippen LogP contribution is -2.37. The molecule has 1 aliphatic rings. The maximum atomic E-state index is 12.5. The first-order valence-corrected chi connectivity index (χ1v) is 7.79. The molecule has 1 saturated heterocycles. The lowest BCUT2D eigenvalue weighted by Gasteiger charge is -2.31. The molecule has 4 heterocycles. The Morgan fingerprint density at radius 3 is 2.91 bits per heavy atom. The van der Waals surface area contributed by atoms with Gasteiger partial charge < -0.3 is 4.90 Å². The summed E-state index contributed by atoms with van der Waals surface area (Å²) < 4.78 is 1.66. The zero-order valence-corrected chi connectivity index (χ0v) is 12.9. The summed E-state index contributed by atoms with van der Waals surface area (Å²) in [5.41, 5.74) is 2.56. The van der Waals surface area contributed by atoms with Gasteiger partial charge in [0, 0.05) is 49.5 Å². The van der Waals surface area contributed by atoms with Crippen LogP contribution in [0.15, 0.2) is 30.7 Å². The van der Waals surface area contributed by atoms with Gasteiger partial charge >= 0.3 is 0 Å². The molecule has 0 radical (unpaired) electrons. The van der Waals surface area contributed by atoms with Gasteiger partial charge in [0.1, 0.15) is 0 Å². The lowest BCUT2D eigenvalue weighted by atomic mass is 9.92. The molecule has 7 nitrogen and oxygen atoms in total. The summed E-state index contributed by atoms with van der Waals surface area (Å²) in [5, 5.41) is 12.6. The molecular formula is C16H18N6O. The van der Waals surface area contributed by atoms with Crippen LogP contribution in [0.2, 0.25) is 0 Å². The van der Waals surface area contributed by atoms with Gasteiger partial charge in [-0.1, -0.05) is 0 Å². The van der Waals surface area contributed by atoms with Gasteiger partial charge in [0.2, 0.25) is 0 Å². The van der Waals surface area contributed by atoms with E-state index in [1.807, 2.05) is 24.1 Å². The van der Waals surface area contributed by atoms with Crippen LogP contribution in [-0.2, 0) is 7.05 Å². The predicted molar refractivity (Wildman–Crippen MR) is 85.0 cm³/mol. The monoisotopic (exact) mass is 310 g/mol. The molecule has 0 aromatic carbocycles. The van der Waals surface area contributed by atoms with Crippen molar-refractivity contribution in [1.29, 1.82) is 0 Å². The molecule has 0 saturated carbocycles. The van der Waals surface area contributed by atoms with Crippen molar-refractivity contribution >= 4 is 16.9 Å². The Kier molecular flexibility index (Phi) is 3.33. The van der Waals surface area contributed by atoms with Gasteiger partial charge in [0.05, 0.1) is 11.8 Å². The molecule has 23 heavy (non-hydrogen) atoms. The average molecular weight is 310 g/mol. The molecule has 3 aromatic rings. The first-order chi connectivity index (χ1) is 11.2. The van der Waals surface area contributed by atoms with Gasteiger partial charge in [-0.3, -0.25) is 14.6 Å². The van der Waals surface area contributed by atoms with Crippen LogP contribution in [0.4, 0.5) is 0 Å². The van der Waals surface area contributed by atoms with E-state index in [1.54, 1.807) is 23.3 Å². The Balaban J connectivity index is 1.48. The summed E-state index contributed by atoms with van der Waals surface area (Å²) in [6, 6.07) is 3.98. The first-order valence-electron chi connectivity index (χ1n) is 7.79. The van der Waals surface area contributed by atoms with E-state index in [4.69, 9.17) is 0 Å². The molecule has 3 aromatic heterocycles. The fraction of sp³-hybridized carbons (Fsp3) is 0.375. The summed E-state index contributed by atoms with van der Waals surface area (Å²) >= 11 is 0. The molecule has 0 spiro atoms. The zero-order chi connectivity index (χ0) is 15.8. The molecule has 7 heteroatoms. The van der Waals surface area contributed by atoms with Gasteiger partial charge in [0.15, 0.2) is 5.65 Å². The summed E-state index contributed by atoms with van der Waals surface area (Å²) in [6.07, 6.45) is 7.00. The second-order valence-corrected chi connectivity index (χ2v) is 5.98. The summed E-state index contributed by atoms with van der Waals surface area (Å²) in [7, 11) is 1.82. The highest BCUT2D eigenvalue weighted by atomic mass is 16.2. The van der Waals surface area contributed by atoms with Crippen molar-refractivity contribution in [3.63, 3.8) is 0 Å². The lowest BCUT2D eigenvalue weighted by molar-refractivity contribution is 0.0712. The van der Waals surface area contributed by atoms with Crippen molar-refractivity contribution in [3.05, 3.63) is 42.0 Å². The van der Waals surface area contributed by atoms with E-state index in [0.29, 0.717) is 11.5 Å². The van der Waals surface area contributed by atoms with Crippen LogP contribution in [0.1, 0.15) is 34.8 Å². The van der Waals surface area contributed by atoms with Crippen LogP contribution in [0.25, 0.3) is 11.0 Å². The molecule has 4 rings (SSSR count). The molecule has 0 aliphatic carbocycles. The van der Waals surface area contributed by atoms with E-state index in [9.17, 15) is 4.79 Å². The number of hydrogen-bond acceptors (Lipinski definition) is 4. The number of amides is 1. The molecule has 0 bridgehead atoms. The highest BCUT2D eigenvalue weighted by Gasteiger charge is 2.27. The normalized spacial score (nSPS) is 16.1. The van der Waals surface area contributed by atoms with Crippen LogP contribution in [-0.4, -0.2) is 48.9 Å². The van der Waals surface area contributed by atoms with E-state index in [2.05, 4.69) is 20.3 Å². The van der Waals surface area contributed by atoms with Crippen LogP contribution in [0.3, 0.4) is 0 Å². The van der Waals surface area contributed by atoms with E-state index in [-0.39, 0.29) is 5.91 Å². The Morgan fingerprint density at radius 2 is 2.17 bits per heavy atom. The number of nitrogens with one attached hydrogen (secondary N) is 1. The standard InChI is InChI=1S/C16H18N6O/c1-21-10-12(9-18-21)16(23)22-7-4-11(5-8-22)14-13-3-2-6-17-15(13)20-19-14/h2-3,6,9-11H,4-5,7-8H2,1H3,(H,17,19,20). The minimum atomic E-state index is 0.0627. The molecule has 1 amide bonds. The van der Waals surface area contributed by atoms with E-state index >= 15 is 0 Å². The third-order valence-electron chi connectivity index (χ3n) is 4.50. The van der Waals surface area contributed by atoms with E-state index < -0.39 is 0 Å². The number of aromatic amines is 1. The number of pyridine rings is 1. The Hall–Kier alpha value is -2.70. The Morgan fingerprint density at radius 1 is 1.35 bits per heavy atom. The van der Waals surface area contributed by atoms with Gasteiger partial charge in [0.25, 0.3) is 5.91 Å². The first kappa shape index (κ1) is 13.9. The van der Waals surface area contributed by atoms with E-state index in [1.165, 1.54) is 0 Å². The van der Waals surface area contributed by atoms with Crippen LogP contribution in [0, 0.1) is 0 Å². The largest absolute Gasteiger partial charge is 0.339 e. The maximum Gasteiger partial charge on any atom is 0.257 e. The summed E-state index contributed by atoms with van der Waals surface area (Å²) in [4.78, 5) is 18.6. The summed E-state index contributed by atoms with van der Waals surface area (Å²) in [6.45, 7) is 1.50. The molecule has 1 N–H and O–H groups in total. The van der Waals surface area contributed by atoms with Crippen LogP contribution in [0.5, 0.6) is 0 Å². The fourth-order valence-corrected chi connectivity index (χ4v) is 3.27. The van der Waals surface area contributed by atoms with Crippen molar-refractivity contribution in [2.75, 3.05) is 13.1 Å². The zero-order valence-electron chi connectivity index (χ0n) is 12.9. The smallest absolute Gasteiger partial charge is 0.257 e. The number of likely N-dealkylation sites (tertiary alicyclic amines) is 1. The number of piperidine rings is 1. The number of carbonyl (C=O) groups excluding carboxylic acids is 1. The van der Waals surface area contributed by atoms with Gasteiger partial charge in [-0.15, -0.1) is 0 Å². The minimum absolute atomic E-state index is 0.0627. The van der Waals surface area contributed by atoms with Crippen molar-refractivity contribution in [2.45, 2.75) is 18.8 Å². The van der Waals surface area contributed by atoms with Crippen LogP contribution < -0.4 is 0 Å². The average Bonchev–Trinajstić information content (AvgIpc) is 3.21. The number of nitrogens with zero attached hydrogens (tertiary/aromatic N) is 5. The third-order valence-corrected chi connectivity index (χ3v) is 4.50. The number of aromatic nitrogens is 5. The molecule has 1 aliphatic heterocycles. The predicted octanol–water partition coefficient (Wildman–Crippen LogP) is 1.71. The highest BCUT2D eigenvalue weighted by Crippen LogP contribution is 2.31. The van der Waals surface area contributed by atoms with Crippen molar-refractivity contribution in [1.82, 2.24) is 29.9 Å². The molecule has 0 atom stereocenters. The second-order valence-electron chi connectivity index (χ2n) is 5.98. The number of hydrogen-bond donors (Lipinski definition) is 1. The number of rotatable bonds is 2. The maximum absolute atomic E-state index is 12.5. The number of carbonyl (C=O) groups is 1. The molecule has 118 valence electrons. The van der Waals surface area contributed by atoms with Crippen molar-refractivity contribution < 1.29 is 4.79 Å². The highest BCUT2D eigenvalue weighted by molar-refractivity contribution is 5.93. The quantitative estimate of drug-likeness (QED) is 0.781. The van der Waals surface area contributed by atoms with Crippen molar-refractivity contribution in [3.8, 4) is 0 Å². The fourth-order valence-electron chi connectivity index (χ4n) is 3.27. The van der Waals surface area contributed by atoms with Gasteiger partial charge in [-0.05, 0) is 25.0 Å². The molecule has 0 unspecified atom stereocenters. The number of H-pyrrole nitrogens is 1. The Bertz CT molecular complexity index is 843. The number of fused-ring (bicyclic) bond motifs is 1. The second kappa shape index (κ2) is 5.49. The van der Waals surface area contributed by atoms with Gasteiger partial charge in [-0.25, -0.2) is 4.98 Å². The third kappa shape index (κ3) is 2.48.